The van der Waals surface area contributed by atoms with Crippen molar-refractivity contribution in [3.05, 3.63) is 29.8 Å². The van der Waals surface area contributed by atoms with E-state index < -0.39 is 0 Å². The van der Waals surface area contributed by atoms with Crippen molar-refractivity contribution >= 4 is 23.3 Å². The number of rotatable bonds is 2. The van der Waals surface area contributed by atoms with Gasteiger partial charge in [0.15, 0.2) is 5.78 Å². The summed E-state index contributed by atoms with van der Waals surface area (Å²) in [5.41, 5.74) is 1.20. The van der Waals surface area contributed by atoms with E-state index in [0.717, 1.165) is 19.3 Å². The van der Waals surface area contributed by atoms with Crippen LogP contribution in [0.2, 0.25) is 0 Å². The Balaban J connectivity index is 1.68. The average molecular weight is 283 g/mol. The molecule has 0 aromatic heterocycles. The van der Waals surface area contributed by atoms with Crippen LogP contribution in [0, 0.1) is 23.7 Å². The molecule has 1 aliphatic heterocycles. The Morgan fingerprint density at radius 1 is 1.00 bits per heavy atom. The molecule has 2 saturated carbocycles. The fourth-order valence-electron chi connectivity index (χ4n) is 4.51. The number of ketones is 1. The monoisotopic (exact) mass is 283 g/mol. The molecule has 4 nitrogen and oxygen atoms in total. The molecule has 1 heterocycles. The zero-order valence-corrected chi connectivity index (χ0v) is 11.9. The van der Waals surface area contributed by atoms with Gasteiger partial charge in [0.1, 0.15) is 0 Å². The standard InChI is InChI=1S/C17H17NO3/c1-9(19)10-4-6-13(7-5-10)18-16(20)14-11-2-3-12(8-11)15(14)17(18)21/h4-7,11-12,14-15H,2-3,8H2,1H3/t11-,12-,14-,15+/m0/s1. The number of hydrogen-bond donors (Lipinski definition) is 0. The number of fused-ring (bicyclic) bond motifs is 5. The van der Waals surface area contributed by atoms with E-state index in [4.69, 9.17) is 0 Å². The first-order chi connectivity index (χ1) is 10.1. The lowest BCUT2D eigenvalue weighted by Gasteiger charge is -2.19. The number of anilines is 1. The molecule has 0 spiro atoms. The number of amides is 2. The molecule has 4 atom stereocenters. The van der Waals surface area contributed by atoms with E-state index in [1.165, 1.54) is 11.8 Å². The van der Waals surface area contributed by atoms with Gasteiger partial charge in [0.05, 0.1) is 17.5 Å². The topological polar surface area (TPSA) is 54.5 Å². The minimum atomic E-state index is -0.0938. The Kier molecular flexibility index (Phi) is 2.59. The number of nitrogens with zero attached hydrogens (tertiary/aromatic N) is 1. The summed E-state index contributed by atoms with van der Waals surface area (Å²) in [7, 11) is 0. The summed E-state index contributed by atoms with van der Waals surface area (Å²) in [6, 6.07) is 6.77. The van der Waals surface area contributed by atoms with E-state index in [1.54, 1.807) is 24.3 Å². The summed E-state index contributed by atoms with van der Waals surface area (Å²) in [6.45, 7) is 1.50. The summed E-state index contributed by atoms with van der Waals surface area (Å²) < 4.78 is 0. The summed E-state index contributed by atoms with van der Waals surface area (Å²) >= 11 is 0. The lowest BCUT2D eigenvalue weighted by molar-refractivity contribution is -0.123. The summed E-state index contributed by atoms with van der Waals surface area (Å²) in [4.78, 5) is 38.0. The van der Waals surface area contributed by atoms with Gasteiger partial charge in [0.25, 0.3) is 0 Å². The molecule has 3 fully saturated rings. The summed E-state index contributed by atoms with van der Waals surface area (Å²) in [5, 5.41) is 0. The number of carbonyl (C=O) groups excluding carboxylic acids is 3. The Labute approximate surface area is 123 Å². The van der Waals surface area contributed by atoms with Crippen LogP contribution >= 0.6 is 0 Å². The summed E-state index contributed by atoms with van der Waals surface area (Å²) in [5.74, 6) is 0.527. The molecule has 4 rings (SSSR count). The van der Waals surface area contributed by atoms with Crippen LogP contribution in [0.3, 0.4) is 0 Å². The first-order valence-electron chi connectivity index (χ1n) is 7.56. The highest BCUT2D eigenvalue weighted by Crippen LogP contribution is 2.56. The van der Waals surface area contributed by atoms with Gasteiger partial charge in [-0.1, -0.05) is 0 Å². The highest BCUT2D eigenvalue weighted by Gasteiger charge is 2.61. The number of hydrogen-bond acceptors (Lipinski definition) is 3. The number of carbonyl (C=O) groups is 3. The fraction of sp³-hybridized carbons (Fsp3) is 0.471. The van der Waals surface area contributed by atoms with E-state index in [0.29, 0.717) is 23.1 Å². The molecule has 3 aliphatic rings. The maximum atomic E-state index is 12.6. The van der Waals surface area contributed by atoms with Gasteiger partial charge in [-0.2, -0.15) is 0 Å². The third-order valence-electron chi connectivity index (χ3n) is 5.46. The van der Waals surface area contributed by atoms with Gasteiger partial charge < -0.3 is 0 Å². The molecule has 0 N–H and O–H groups in total. The van der Waals surface area contributed by atoms with Gasteiger partial charge >= 0.3 is 0 Å². The Morgan fingerprint density at radius 3 is 2.00 bits per heavy atom. The van der Waals surface area contributed by atoms with Crippen molar-refractivity contribution in [1.29, 1.82) is 0 Å². The van der Waals surface area contributed by atoms with Crippen LogP contribution in [0.25, 0.3) is 0 Å². The molecular formula is C17H17NO3. The van der Waals surface area contributed by atoms with Crippen molar-refractivity contribution in [3.8, 4) is 0 Å². The maximum Gasteiger partial charge on any atom is 0.237 e. The first kappa shape index (κ1) is 12.7. The van der Waals surface area contributed by atoms with Crippen LogP contribution in [-0.4, -0.2) is 17.6 Å². The second kappa shape index (κ2) is 4.26. The molecule has 1 aromatic carbocycles. The van der Waals surface area contributed by atoms with Crippen LogP contribution in [0.5, 0.6) is 0 Å². The molecule has 1 saturated heterocycles. The predicted octanol–water partition coefficient (Wildman–Crippen LogP) is 2.42. The smallest absolute Gasteiger partial charge is 0.237 e. The minimum Gasteiger partial charge on any atom is -0.295 e. The SMILES string of the molecule is CC(=O)c1ccc(N2C(=O)[C@@H]3[C@H]4CC[C@@H](C4)[C@@H]3C2=O)cc1. The van der Waals surface area contributed by atoms with Gasteiger partial charge in [-0.15, -0.1) is 0 Å². The maximum absolute atomic E-state index is 12.6. The van der Waals surface area contributed by atoms with Crippen LogP contribution in [0.4, 0.5) is 5.69 Å². The minimum absolute atomic E-state index is 0.0180. The lowest BCUT2D eigenvalue weighted by atomic mass is 9.81. The average Bonchev–Trinajstić information content (AvgIpc) is 3.13. The molecule has 21 heavy (non-hydrogen) atoms. The second-order valence-corrected chi connectivity index (χ2v) is 6.50. The highest BCUT2D eigenvalue weighted by atomic mass is 16.2. The Hall–Kier alpha value is -1.97. The van der Waals surface area contributed by atoms with Crippen molar-refractivity contribution in [2.24, 2.45) is 23.7 Å². The van der Waals surface area contributed by atoms with Gasteiger partial charge in [-0.25, -0.2) is 0 Å². The number of Topliss-reactive ketones (excluding diaryl/α,β-unsaturated/α-hetero) is 1. The van der Waals surface area contributed by atoms with Gasteiger partial charge in [0, 0.05) is 5.56 Å². The van der Waals surface area contributed by atoms with Crippen molar-refractivity contribution in [2.45, 2.75) is 26.2 Å². The zero-order chi connectivity index (χ0) is 14.7. The van der Waals surface area contributed by atoms with E-state index in [-0.39, 0.29) is 29.4 Å². The zero-order valence-electron chi connectivity index (χ0n) is 11.9. The van der Waals surface area contributed by atoms with E-state index in [2.05, 4.69) is 0 Å². The molecule has 2 amide bonds. The van der Waals surface area contributed by atoms with Crippen molar-refractivity contribution in [2.75, 3.05) is 4.90 Å². The van der Waals surface area contributed by atoms with E-state index in [9.17, 15) is 14.4 Å². The van der Waals surface area contributed by atoms with Crippen molar-refractivity contribution in [3.63, 3.8) is 0 Å². The van der Waals surface area contributed by atoms with Gasteiger partial charge in [-0.3, -0.25) is 19.3 Å². The number of benzene rings is 1. The molecular weight excluding hydrogens is 266 g/mol. The normalized spacial score (nSPS) is 33.7. The fourth-order valence-corrected chi connectivity index (χ4v) is 4.51. The molecule has 2 bridgehead atoms. The molecule has 108 valence electrons. The summed E-state index contributed by atoms with van der Waals surface area (Å²) in [6.07, 6.45) is 3.22. The van der Waals surface area contributed by atoms with Crippen LogP contribution in [0.15, 0.2) is 24.3 Å². The predicted molar refractivity (Wildman–Crippen MR) is 76.8 cm³/mol. The molecule has 4 heteroatoms. The van der Waals surface area contributed by atoms with Crippen LogP contribution in [0.1, 0.15) is 36.5 Å². The Bertz CT molecular complexity index is 621. The lowest BCUT2D eigenvalue weighted by Crippen LogP contribution is -2.32. The first-order valence-corrected chi connectivity index (χ1v) is 7.56. The molecule has 2 aliphatic carbocycles. The van der Waals surface area contributed by atoms with Crippen molar-refractivity contribution in [1.82, 2.24) is 0 Å². The van der Waals surface area contributed by atoms with Crippen LogP contribution in [-0.2, 0) is 9.59 Å². The Morgan fingerprint density at radius 2 is 1.52 bits per heavy atom. The molecule has 0 radical (unpaired) electrons. The molecule has 0 unspecified atom stereocenters. The highest BCUT2D eigenvalue weighted by molar-refractivity contribution is 6.22. The second-order valence-electron chi connectivity index (χ2n) is 6.50. The third kappa shape index (κ3) is 1.65. The van der Waals surface area contributed by atoms with E-state index >= 15 is 0 Å². The van der Waals surface area contributed by atoms with Gasteiger partial charge in [-0.05, 0) is 62.3 Å². The van der Waals surface area contributed by atoms with Crippen molar-refractivity contribution < 1.29 is 14.4 Å². The van der Waals surface area contributed by atoms with Gasteiger partial charge in [0.2, 0.25) is 11.8 Å². The third-order valence-corrected chi connectivity index (χ3v) is 5.46. The molecule has 1 aromatic rings. The number of imide groups is 1. The van der Waals surface area contributed by atoms with E-state index in [1.807, 2.05) is 0 Å². The largest absolute Gasteiger partial charge is 0.295 e. The quantitative estimate of drug-likeness (QED) is 0.618. The van der Waals surface area contributed by atoms with Crippen LogP contribution < -0.4 is 4.90 Å².